The molecular formula is C20H22BrN3OS. The van der Waals surface area contributed by atoms with E-state index < -0.39 is 0 Å². The third-order valence-corrected chi connectivity index (χ3v) is 6.67. The van der Waals surface area contributed by atoms with E-state index in [1.807, 2.05) is 37.0 Å². The molecule has 3 heterocycles. The predicted octanol–water partition coefficient (Wildman–Crippen LogP) is 5.22. The zero-order valence-electron chi connectivity index (χ0n) is 14.9. The van der Waals surface area contributed by atoms with E-state index in [9.17, 15) is 0 Å². The van der Waals surface area contributed by atoms with Crippen molar-refractivity contribution >= 4 is 32.9 Å². The van der Waals surface area contributed by atoms with Gasteiger partial charge in [0, 0.05) is 18.0 Å². The van der Waals surface area contributed by atoms with Gasteiger partial charge in [0.1, 0.15) is 11.8 Å². The fourth-order valence-corrected chi connectivity index (χ4v) is 5.53. The lowest BCUT2D eigenvalue weighted by Gasteiger charge is -2.32. The number of amidine groups is 1. The van der Waals surface area contributed by atoms with Gasteiger partial charge in [0.25, 0.3) is 0 Å². The molecule has 2 aromatic rings. The second-order valence-corrected chi connectivity index (χ2v) is 8.30. The first-order valence-electron chi connectivity index (χ1n) is 9.05. The van der Waals surface area contributed by atoms with Crippen molar-refractivity contribution in [3.8, 4) is 5.75 Å². The van der Waals surface area contributed by atoms with Crippen molar-refractivity contribution < 1.29 is 4.74 Å². The zero-order valence-corrected chi connectivity index (χ0v) is 17.3. The van der Waals surface area contributed by atoms with Gasteiger partial charge in [-0.15, -0.1) is 0 Å². The van der Waals surface area contributed by atoms with Crippen molar-refractivity contribution in [3.05, 3.63) is 58.3 Å². The van der Waals surface area contributed by atoms with Gasteiger partial charge in [-0.2, -0.15) is 0 Å². The summed E-state index contributed by atoms with van der Waals surface area (Å²) in [5, 5.41) is 1.16. The zero-order chi connectivity index (χ0) is 18.1. The predicted molar refractivity (Wildman–Crippen MR) is 111 cm³/mol. The number of benzene rings is 1. The monoisotopic (exact) mass is 431 g/mol. The first-order valence-corrected chi connectivity index (χ1v) is 10.8. The number of ether oxygens (including phenoxy) is 1. The van der Waals surface area contributed by atoms with Gasteiger partial charge in [0.15, 0.2) is 5.17 Å². The number of nitrogens with zero attached hydrogens (tertiary/aromatic N) is 3. The van der Waals surface area contributed by atoms with Crippen molar-refractivity contribution in [1.82, 2.24) is 9.88 Å². The molecule has 0 amide bonds. The first-order chi connectivity index (χ1) is 12.7. The molecule has 3 unspecified atom stereocenters. The molecule has 0 aliphatic carbocycles. The molecule has 26 heavy (non-hydrogen) atoms. The van der Waals surface area contributed by atoms with Crippen LogP contribution in [0.15, 0.2) is 52.1 Å². The van der Waals surface area contributed by atoms with Crippen LogP contribution in [0.4, 0.5) is 0 Å². The smallest absolute Gasteiger partial charge is 0.160 e. The lowest BCUT2D eigenvalue weighted by atomic mass is 9.95. The fourth-order valence-electron chi connectivity index (χ4n) is 3.68. The number of rotatable bonds is 5. The van der Waals surface area contributed by atoms with Crippen molar-refractivity contribution in [2.24, 2.45) is 4.99 Å². The highest BCUT2D eigenvalue weighted by Gasteiger charge is 2.45. The summed E-state index contributed by atoms with van der Waals surface area (Å²) in [4.78, 5) is 12.2. The van der Waals surface area contributed by atoms with E-state index in [4.69, 9.17) is 9.73 Å². The van der Waals surface area contributed by atoms with Crippen LogP contribution in [-0.2, 0) is 0 Å². The Morgan fingerprint density at radius 1 is 1.27 bits per heavy atom. The number of thioether (sulfide) groups is 1. The van der Waals surface area contributed by atoms with Gasteiger partial charge in [0.2, 0.25) is 0 Å². The first kappa shape index (κ1) is 17.9. The minimum absolute atomic E-state index is 0.0258. The van der Waals surface area contributed by atoms with E-state index in [1.54, 1.807) is 0 Å². The van der Waals surface area contributed by atoms with Crippen molar-refractivity contribution in [3.63, 3.8) is 0 Å². The maximum atomic E-state index is 5.69. The SMILES string of the molecule is CCOc1ccc(C2C(c3ccccn3)N=C3SCC(CC)N32)cc1Br. The van der Waals surface area contributed by atoms with E-state index in [2.05, 4.69) is 57.0 Å². The van der Waals surface area contributed by atoms with Crippen molar-refractivity contribution in [1.29, 1.82) is 0 Å². The third-order valence-electron chi connectivity index (χ3n) is 4.93. The summed E-state index contributed by atoms with van der Waals surface area (Å²) in [6.07, 6.45) is 2.98. The minimum atomic E-state index is 0.0258. The molecule has 1 aromatic carbocycles. The van der Waals surface area contributed by atoms with E-state index in [0.29, 0.717) is 12.6 Å². The minimum Gasteiger partial charge on any atom is -0.493 e. The molecule has 0 bridgehead atoms. The fraction of sp³-hybridized carbons (Fsp3) is 0.400. The maximum Gasteiger partial charge on any atom is 0.160 e. The summed E-state index contributed by atoms with van der Waals surface area (Å²) in [5.41, 5.74) is 2.27. The molecule has 3 atom stereocenters. The number of pyridine rings is 1. The van der Waals surface area contributed by atoms with Gasteiger partial charge in [-0.05, 0) is 59.1 Å². The molecule has 1 saturated heterocycles. The van der Waals surface area contributed by atoms with Crippen LogP contribution in [0, 0.1) is 0 Å². The number of hydrogen-bond donors (Lipinski definition) is 0. The van der Waals surface area contributed by atoms with Crippen LogP contribution in [0.2, 0.25) is 0 Å². The molecule has 0 saturated carbocycles. The summed E-state index contributed by atoms with van der Waals surface area (Å²) in [7, 11) is 0. The van der Waals surface area contributed by atoms with Crippen LogP contribution in [0.25, 0.3) is 0 Å². The standard InChI is InChI=1S/C20H22BrN3OS/c1-3-14-12-26-20-23-18(16-7-5-6-10-22-16)19(24(14)20)13-8-9-17(25-4-2)15(21)11-13/h5-11,14,18-19H,3-4,12H2,1-2H3. The van der Waals surface area contributed by atoms with Gasteiger partial charge in [0.05, 0.1) is 22.8 Å². The van der Waals surface area contributed by atoms with Gasteiger partial charge in [-0.3, -0.25) is 9.98 Å². The quantitative estimate of drug-likeness (QED) is 0.649. The Balaban J connectivity index is 1.76. The van der Waals surface area contributed by atoms with Crippen molar-refractivity contribution in [2.75, 3.05) is 12.4 Å². The molecule has 136 valence electrons. The highest BCUT2D eigenvalue weighted by Crippen LogP contribution is 2.49. The average molecular weight is 432 g/mol. The molecule has 0 spiro atoms. The summed E-state index contributed by atoms with van der Waals surface area (Å²) >= 11 is 5.54. The van der Waals surface area contributed by atoms with Crippen LogP contribution in [0.5, 0.6) is 5.75 Å². The van der Waals surface area contributed by atoms with Crippen LogP contribution in [-0.4, -0.2) is 33.5 Å². The number of hydrogen-bond acceptors (Lipinski definition) is 5. The molecule has 4 rings (SSSR count). The maximum absolute atomic E-state index is 5.69. The van der Waals surface area contributed by atoms with E-state index in [-0.39, 0.29) is 12.1 Å². The number of aliphatic imine (C=N–C) groups is 1. The highest BCUT2D eigenvalue weighted by molar-refractivity contribution is 9.10. The van der Waals surface area contributed by atoms with Crippen molar-refractivity contribution in [2.45, 2.75) is 38.4 Å². The molecule has 1 aromatic heterocycles. The van der Waals surface area contributed by atoms with Gasteiger partial charge >= 0.3 is 0 Å². The number of fused-ring (bicyclic) bond motifs is 1. The Morgan fingerprint density at radius 3 is 2.85 bits per heavy atom. The Bertz CT molecular complexity index is 814. The highest BCUT2D eigenvalue weighted by atomic mass is 79.9. The second kappa shape index (κ2) is 7.61. The van der Waals surface area contributed by atoms with Crippen LogP contribution in [0.3, 0.4) is 0 Å². The molecule has 2 aliphatic rings. The van der Waals surface area contributed by atoms with E-state index in [0.717, 1.165) is 33.3 Å². The third kappa shape index (κ3) is 3.14. The molecule has 0 N–H and O–H groups in total. The average Bonchev–Trinajstić information content (AvgIpc) is 3.23. The molecule has 2 aliphatic heterocycles. The summed E-state index contributed by atoms with van der Waals surface area (Å²) < 4.78 is 6.68. The summed E-state index contributed by atoms with van der Waals surface area (Å²) in [5.74, 6) is 1.99. The summed E-state index contributed by atoms with van der Waals surface area (Å²) in [6, 6.07) is 13.2. The Hall–Kier alpha value is -1.53. The Kier molecular flexibility index (Phi) is 5.23. The van der Waals surface area contributed by atoms with Crippen LogP contribution < -0.4 is 4.74 Å². The molecule has 4 nitrogen and oxygen atoms in total. The normalized spacial score (nSPS) is 24.5. The summed E-state index contributed by atoms with van der Waals surface area (Å²) in [6.45, 7) is 4.92. The molecule has 6 heteroatoms. The Morgan fingerprint density at radius 2 is 2.15 bits per heavy atom. The molecule has 0 radical (unpaired) electrons. The molecule has 1 fully saturated rings. The van der Waals surface area contributed by atoms with E-state index in [1.165, 1.54) is 5.56 Å². The topological polar surface area (TPSA) is 37.7 Å². The lowest BCUT2D eigenvalue weighted by molar-refractivity contribution is 0.255. The Labute approximate surface area is 167 Å². The number of halogens is 1. The van der Waals surface area contributed by atoms with Crippen LogP contribution >= 0.6 is 27.7 Å². The van der Waals surface area contributed by atoms with Gasteiger partial charge < -0.3 is 9.64 Å². The van der Waals surface area contributed by atoms with Gasteiger partial charge in [-0.1, -0.05) is 30.8 Å². The largest absolute Gasteiger partial charge is 0.493 e. The van der Waals surface area contributed by atoms with E-state index >= 15 is 0 Å². The van der Waals surface area contributed by atoms with Gasteiger partial charge in [-0.25, -0.2) is 0 Å². The number of aromatic nitrogens is 1. The lowest BCUT2D eigenvalue weighted by Crippen LogP contribution is -2.35. The molecular weight excluding hydrogens is 410 g/mol. The second-order valence-electron chi connectivity index (χ2n) is 6.46. The van der Waals surface area contributed by atoms with Crippen LogP contribution in [0.1, 0.15) is 43.6 Å².